The average molecular weight is 328 g/mol. The van der Waals surface area contributed by atoms with E-state index >= 15 is 0 Å². The Balaban J connectivity index is 1.61. The molecule has 4 rings (SSSR count). The lowest BCUT2D eigenvalue weighted by atomic mass is 10.0. The molecule has 1 aromatic carbocycles. The minimum atomic E-state index is 0.419. The summed E-state index contributed by atoms with van der Waals surface area (Å²) in [7, 11) is 0. The number of aromatic nitrogens is 3. The fourth-order valence-electron chi connectivity index (χ4n) is 3.12. The molecule has 3 aromatic rings. The van der Waals surface area contributed by atoms with Crippen molar-refractivity contribution in [1.29, 1.82) is 5.26 Å². The summed E-state index contributed by atoms with van der Waals surface area (Å²) in [5.74, 6) is 0.615. The van der Waals surface area contributed by atoms with Gasteiger partial charge < -0.3 is 4.74 Å². The predicted octanol–water partition coefficient (Wildman–Crippen LogP) is 3.48. The molecule has 0 saturated heterocycles. The minimum absolute atomic E-state index is 0.419. The fourth-order valence-corrected chi connectivity index (χ4v) is 3.12. The van der Waals surface area contributed by atoms with Gasteiger partial charge in [0.05, 0.1) is 11.6 Å². The summed E-state index contributed by atoms with van der Waals surface area (Å²) >= 11 is 0. The Morgan fingerprint density at radius 2 is 1.88 bits per heavy atom. The highest BCUT2D eigenvalue weighted by Crippen LogP contribution is 2.33. The van der Waals surface area contributed by atoms with Crippen molar-refractivity contribution in [2.75, 3.05) is 0 Å². The SMILES string of the molecule is N#Cc1ccc(COc2cc(-c3cncnc3)c3c(n2)CCC3)cc1. The van der Waals surface area contributed by atoms with Crippen LogP contribution >= 0.6 is 0 Å². The molecular weight excluding hydrogens is 312 g/mol. The summed E-state index contributed by atoms with van der Waals surface area (Å²) in [6.07, 6.45) is 8.30. The van der Waals surface area contributed by atoms with Gasteiger partial charge in [0.25, 0.3) is 0 Å². The zero-order chi connectivity index (χ0) is 17.1. The number of hydrogen-bond acceptors (Lipinski definition) is 5. The molecule has 1 aliphatic rings. The summed E-state index contributed by atoms with van der Waals surface area (Å²) in [6, 6.07) is 11.5. The second kappa shape index (κ2) is 6.70. The zero-order valence-electron chi connectivity index (χ0n) is 13.6. The van der Waals surface area contributed by atoms with E-state index in [1.54, 1.807) is 12.1 Å². The van der Waals surface area contributed by atoms with Gasteiger partial charge in [0, 0.05) is 29.7 Å². The summed E-state index contributed by atoms with van der Waals surface area (Å²) in [5.41, 5.74) is 6.14. The average Bonchev–Trinajstić information content (AvgIpc) is 3.15. The Morgan fingerprint density at radius 3 is 2.64 bits per heavy atom. The van der Waals surface area contributed by atoms with Gasteiger partial charge in [-0.2, -0.15) is 5.26 Å². The third-order valence-corrected chi connectivity index (χ3v) is 4.37. The van der Waals surface area contributed by atoms with Gasteiger partial charge in [0.2, 0.25) is 5.88 Å². The largest absolute Gasteiger partial charge is 0.473 e. The van der Waals surface area contributed by atoms with Crippen molar-refractivity contribution < 1.29 is 4.74 Å². The molecule has 2 heterocycles. The van der Waals surface area contributed by atoms with Crippen LogP contribution in [0, 0.1) is 11.3 Å². The van der Waals surface area contributed by atoms with Crippen molar-refractivity contribution in [3.8, 4) is 23.1 Å². The second-order valence-corrected chi connectivity index (χ2v) is 6.01. The van der Waals surface area contributed by atoms with E-state index in [9.17, 15) is 0 Å². The molecule has 0 aliphatic heterocycles. The predicted molar refractivity (Wildman–Crippen MR) is 92.8 cm³/mol. The monoisotopic (exact) mass is 328 g/mol. The number of nitriles is 1. The van der Waals surface area contributed by atoms with Crippen LogP contribution < -0.4 is 4.74 Å². The van der Waals surface area contributed by atoms with Crippen LogP contribution in [0.2, 0.25) is 0 Å². The maximum Gasteiger partial charge on any atom is 0.214 e. The van der Waals surface area contributed by atoms with Gasteiger partial charge in [-0.3, -0.25) is 0 Å². The normalized spacial score (nSPS) is 12.4. The van der Waals surface area contributed by atoms with Gasteiger partial charge in [-0.15, -0.1) is 0 Å². The van der Waals surface area contributed by atoms with E-state index in [4.69, 9.17) is 10.00 Å². The first kappa shape index (κ1) is 15.3. The van der Waals surface area contributed by atoms with Crippen LogP contribution in [0.5, 0.6) is 5.88 Å². The van der Waals surface area contributed by atoms with Crippen molar-refractivity contribution in [3.05, 3.63) is 71.4 Å². The maximum absolute atomic E-state index is 8.86. The molecule has 0 N–H and O–H groups in total. The minimum Gasteiger partial charge on any atom is -0.473 e. The van der Waals surface area contributed by atoms with E-state index in [1.165, 1.54) is 11.9 Å². The summed E-state index contributed by atoms with van der Waals surface area (Å²) < 4.78 is 5.92. The number of fused-ring (bicyclic) bond motifs is 1. The Kier molecular flexibility index (Phi) is 4.09. The maximum atomic E-state index is 8.86. The number of aryl methyl sites for hydroxylation is 1. The Morgan fingerprint density at radius 1 is 1.08 bits per heavy atom. The van der Waals surface area contributed by atoms with Crippen molar-refractivity contribution in [2.24, 2.45) is 0 Å². The topological polar surface area (TPSA) is 71.7 Å². The zero-order valence-corrected chi connectivity index (χ0v) is 13.6. The van der Waals surface area contributed by atoms with Gasteiger partial charge in [-0.25, -0.2) is 15.0 Å². The van der Waals surface area contributed by atoms with E-state index in [1.807, 2.05) is 30.6 Å². The summed E-state index contributed by atoms with van der Waals surface area (Å²) in [4.78, 5) is 12.9. The molecular formula is C20H16N4O. The molecule has 5 heteroatoms. The molecule has 0 saturated carbocycles. The molecule has 0 spiro atoms. The molecule has 0 unspecified atom stereocenters. The van der Waals surface area contributed by atoms with Crippen molar-refractivity contribution in [2.45, 2.75) is 25.9 Å². The molecule has 0 bridgehead atoms. The van der Waals surface area contributed by atoms with Crippen LogP contribution in [-0.2, 0) is 19.4 Å². The lowest BCUT2D eigenvalue weighted by Crippen LogP contribution is -2.01. The molecule has 2 aromatic heterocycles. The quantitative estimate of drug-likeness (QED) is 0.733. The van der Waals surface area contributed by atoms with Gasteiger partial charge in [-0.1, -0.05) is 12.1 Å². The molecule has 25 heavy (non-hydrogen) atoms. The van der Waals surface area contributed by atoms with Crippen molar-refractivity contribution >= 4 is 0 Å². The van der Waals surface area contributed by atoms with Crippen LogP contribution in [0.25, 0.3) is 11.1 Å². The van der Waals surface area contributed by atoms with Crippen LogP contribution in [-0.4, -0.2) is 15.0 Å². The van der Waals surface area contributed by atoms with E-state index in [-0.39, 0.29) is 0 Å². The molecule has 0 radical (unpaired) electrons. The van der Waals surface area contributed by atoms with Crippen LogP contribution in [0.4, 0.5) is 0 Å². The number of nitrogens with zero attached hydrogens (tertiary/aromatic N) is 4. The molecule has 122 valence electrons. The Bertz CT molecular complexity index is 930. The van der Waals surface area contributed by atoms with Crippen LogP contribution in [0.1, 0.15) is 28.8 Å². The summed E-state index contributed by atoms with van der Waals surface area (Å²) in [6.45, 7) is 0.419. The Labute approximate surface area is 146 Å². The van der Waals surface area contributed by atoms with Crippen molar-refractivity contribution in [1.82, 2.24) is 15.0 Å². The van der Waals surface area contributed by atoms with Gasteiger partial charge in [0.1, 0.15) is 12.9 Å². The third kappa shape index (κ3) is 3.20. The van der Waals surface area contributed by atoms with Crippen molar-refractivity contribution in [3.63, 3.8) is 0 Å². The van der Waals surface area contributed by atoms with E-state index in [0.717, 1.165) is 41.6 Å². The second-order valence-electron chi connectivity index (χ2n) is 6.01. The number of rotatable bonds is 4. The fraction of sp³-hybridized carbons (Fsp3) is 0.200. The molecule has 5 nitrogen and oxygen atoms in total. The van der Waals surface area contributed by atoms with E-state index in [2.05, 4.69) is 21.0 Å². The van der Waals surface area contributed by atoms with Crippen LogP contribution in [0.15, 0.2) is 49.1 Å². The molecule has 0 fully saturated rings. The summed E-state index contributed by atoms with van der Waals surface area (Å²) in [5, 5.41) is 8.86. The highest BCUT2D eigenvalue weighted by molar-refractivity contribution is 5.68. The molecule has 1 aliphatic carbocycles. The standard InChI is InChI=1S/C20H16N4O/c21-9-14-4-6-15(7-5-14)12-25-20-8-18(16-10-22-13-23-11-16)17-2-1-3-19(17)24-20/h4-8,10-11,13H,1-3,12H2. The number of benzene rings is 1. The number of pyridine rings is 1. The lowest BCUT2D eigenvalue weighted by molar-refractivity contribution is 0.293. The smallest absolute Gasteiger partial charge is 0.214 e. The first-order valence-corrected chi connectivity index (χ1v) is 8.23. The first-order chi connectivity index (χ1) is 12.3. The molecule has 0 amide bonds. The third-order valence-electron chi connectivity index (χ3n) is 4.37. The number of hydrogen-bond donors (Lipinski definition) is 0. The Hall–Kier alpha value is -3.26. The van der Waals surface area contributed by atoms with E-state index < -0.39 is 0 Å². The first-order valence-electron chi connectivity index (χ1n) is 8.23. The lowest BCUT2D eigenvalue weighted by Gasteiger charge is -2.12. The van der Waals surface area contributed by atoms with Gasteiger partial charge in [0.15, 0.2) is 0 Å². The number of ether oxygens (including phenoxy) is 1. The van der Waals surface area contributed by atoms with Crippen LogP contribution in [0.3, 0.4) is 0 Å². The highest BCUT2D eigenvalue weighted by Gasteiger charge is 2.19. The van der Waals surface area contributed by atoms with Gasteiger partial charge in [-0.05, 0) is 48.1 Å². The highest BCUT2D eigenvalue weighted by atomic mass is 16.5. The molecule has 0 atom stereocenters. The van der Waals surface area contributed by atoms with Gasteiger partial charge >= 0.3 is 0 Å². The van der Waals surface area contributed by atoms with E-state index in [0.29, 0.717) is 18.1 Å².